The van der Waals surface area contributed by atoms with Gasteiger partial charge in [0.25, 0.3) is 5.91 Å². The molecule has 3 rings (SSSR count). The van der Waals surface area contributed by atoms with E-state index in [-0.39, 0.29) is 11.7 Å². The summed E-state index contributed by atoms with van der Waals surface area (Å²) >= 11 is 0. The summed E-state index contributed by atoms with van der Waals surface area (Å²) in [6.07, 6.45) is 2.18. The average Bonchev–Trinajstić information content (AvgIpc) is 3.06. The van der Waals surface area contributed by atoms with Gasteiger partial charge in [0, 0.05) is 37.0 Å². The Morgan fingerprint density at radius 3 is 2.26 bits per heavy atom. The number of sulfone groups is 1. The molecule has 0 unspecified atom stereocenters. The average molecular weight is 385 g/mol. The van der Waals surface area contributed by atoms with Gasteiger partial charge in [-0.15, -0.1) is 0 Å². The van der Waals surface area contributed by atoms with Crippen molar-refractivity contribution in [3.8, 4) is 0 Å². The molecule has 2 aromatic carbocycles. The summed E-state index contributed by atoms with van der Waals surface area (Å²) in [6, 6.07) is 14.6. The van der Waals surface area contributed by atoms with E-state index in [9.17, 15) is 13.2 Å². The van der Waals surface area contributed by atoms with Crippen LogP contribution >= 0.6 is 0 Å². The van der Waals surface area contributed by atoms with E-state index in [4.69, 9.17) is 0 Å². The molecule has 1 heterocycles. The number of nitrogens with zero attached hydrogens (tertiary/aromatic N) is 2. The Kier molecular flexibility index (Phi) is 5.60. The zero-order valence-electron chi connectivity index (χ0n) is 15.5. The molecule has 0 saturated carbocycles. The molecule has 0 aliphatic carbocycles. The lowest BCUT2D eigenvalue weighted by molar-refractivity contribution is 0.0951. The number of rotatable bonds is 6. The van der Waals surface area contributed by atoms with Gasteiger partial charge in [-0.3, -0.25) is 9.80 Å². The van der Waals surface area contributed by atoms with Crippen LogP contribution in [0.1, 0.15) is 34.8 Å². The molecule has 1 aliphatic rings. The van der Waals surface area contributed by atoms with Gasteiger partial charge < -0.3 is 5.32 Å². The molecule has 7 heteroatoms. The van der Waals surface area contributed by atoms with Crippen LogP contribution in [0.4, 0.5) is 5.69 Å². The van der Waals surface area contributed by atoms with Crippen LogP contribution in [0.5, 0.6) is 0 Å². The molecular weight excluding hydrogens is 362 g/mol. The van der Waals surface area contributed by atoms with Crippen molar-refractivity contribution in [1.29, 1.82) is 0 Å². The summed E-state index contributed by atoms with van der Waals surface area (Å²) in [4.78, 5) is 12.3. The second-order valence-corrected chi connectivity index (χ2v) is 8.96. The minimum Gasteiger partial charge on any atom is -0.348 e. The number of hydrogen-bond acceptors (Lipinski definition) is 5. The number of carbonyl (C=O) groups is 1. The molecule has 0 radical (unpaired) electrons. The third-order valence-electron chi connectivity index (χ3n) is 4.31. The van der Waals surface area contributed by atoms with Crippen molar-refractivity contribution in [2.75, 3.05) is 17.8 Å². The fourth-order valence-electron chi connectivity index (χ4n) is 2.89. The van der Waals surface area contributed by atoms with Crippen LogP contribution in [-0.4, -0.2) is 32.8 Å². The van der Waals surface area contributed by atoms with Gasteiger partial charge in [-0.25, -0.2) is 8.42 Å². The van der Waals surface area contributed by atoms with Crippen molar-refractivity contribution in [2.45, 2.75) is 25.6 Å². The lowest BCUT2D eigenvalue weighted by Crippen LogP contribution is -2.22. The predicted molar refractivity (Wildman–Crippen MR) is 108 cm³/mol. The zero-order chi connectivity index (χ0) is 19.4. The lowest BCUT2D eigenvalue weighted by atomic mass is 10.1. The maximum atomic E-state index is 12.3. The van der Waals surface area contributed by atoms with Gasteiger partial charge in [-0.05, 0) is 42.3 Å². The van der Waals surface area contributed by atoms with Crippen LogP contribution < -0.4 is 10.3 Å². The molecule has 0 spiro atoms. The van der Waals surface area contributed by atoms with Gasteiger partial charge in [0.05, 0.1) is 11.4 Å². The fourth-order valence-corrected chi connectivity index (χ4v) is 3.68. The molecule has 1 aliphatic heterocycles. The fraction of sp³-hybridized carbons (Fsp3) is 0.300. The first-order valence-corrected chi connectivity index (χ1v) is 10.8. The number of nitrogens with one attached hydrogen (secondary N) is 1. The Morgan fingerprint density at radius 2 is 1.70 bits per heavy atom. The highest BCUT2D eigenvalue weighted by Crippen LogP contribution is 2.20. The topological polar surface area (TPSA) is 78.8 Å². The lowest BCUT2D eigenvalue weighted by Gasteiger charge is -2.14. The van der Waals surface area contributed by atoms with Crippen LogP contribution in [0.3, 0.4) is 0 Å². The predicted octanol–water partition coefficient (Wildman–Crippen LogP) is 2.75. The number of carbonyl (C=O) groups excluding carboxylic acids is 1. The third kappa shape index (κ3) is 5.40. The first-order valence-electron chi connectivity index (χ1n) is 8.75. The van der Waals surface area contributed by atoms with E-state index in [0.717, 1.165) is 35.5 Å². The number of hydrazone groups is 1. The van der Waals surface area contributed by atoms with Crippen molar-refractivity contribution in [1.82, 2.24) is 5.32 Å². The number of anilines is 1. The van der Waals surface area contributed by atoms with Crippen molar-refractivity contribution in [2.24, 2.45) is 5.10 Å². The Balaban J connectivity index is 1.56. The molecule has 0 aromatic heterocycles. The zero-order valence-corrected chi connectivity index (χ0v) is 16.3. The Labute approximate surface area is 159 Å². The summed E-state index contributed by atoms with van der Waals surface area (Å²) in [7, 11) is -3.05. The third-order valence-corrected chi connectivity index (χ3v) is 5.17. The highest BCUT2D eigenvalue weighted by molar-refractivity contribution is 7.89. The SMILES string of the molecule is CC1=NN(c2ccc(C(=O)NCc3ccc(CS(C)(=O)=O)cc3)cc2)CC1. The van der Waals surface area contributed by atoms with E-state index < -0.39 is 9.84 Å². The maximum Gasteiger partial charge on any atom is 0.251 e. The smallest absolute Gasteiger partial charge is 0.251 e. The molecule has 0 bridgehead atoms. The minimum absolute atomic E-state index is 0.0204. The van der Waals surface area contributed by atoms with E-state index in [1.165, 1.54) is 6.26 Å². The van der Waals surface area contributed by atoms with Gasteiger partial charge in [-0.2, -0.15) is 5.10 Å². The van der Waals surface area contributed by atoms with E-state index in [2.05, 4.69) is 10.4 Å². The van der Waals surface area contributed by atoms with Gasteiger partial charge in [-0.1, -0.05) is 24.3 Å². The molecule has 0 fully saturated rings. The summed E-state index contributed by atoms with van der Waals surface area (Å²) < 4.78 is 22.6. The Hall–Kier alpha value is -2.67. The number of hydrogen-bond donors (Lipinski definition) is 1. The molecule has 6 nitrogen and oxygen atoms in total. The van der Waals surface area contributed by atoms with E-state index in [1.807, 2.05) is 36.2 Å². The molecule has 1 N–H and O–H groups in total. The monoisotopic (exact) mass is 385 g/mol. The molecule has 1 amide bonds. The standard InChI is InChI=1S/C20H23N3O3S/c1-15-11-12-23(22-15)19-9-7-18(8-10-19)20(24)21-13-16-3-5-17(6-4-16)14-27(2,25)26/h3-10H,11-14H2,1-2H3,(H,21,24). The molecule has 27 heavy (non-hydrogen) atoms. The maximum absolute atomic E-state index is 12.3. The van der Waals surface area contributed by atoms with Crippen LogP contribution in [0.25, 0.3) is 0 Å². The first-order chi connectivity index (χ1) is 12.8. The van der Waals surface area contributed by atoms with Crippen LogP contribution in [0, 0.1) is 0 Å². The largest absolute Gasteiger partial charge is 0.348 e. The van der Waals surface area contributed by atoms with Crippen molar-refractivity contribution >= 4 is 27.1 Å². The second kappa shape index (κ2) is 7.92. The van der Waals surface area contributed by atoms with Crippen LogP contribution in [-0.2, 0) is 22.1 Å². The van der Waals surface area contributed by atoms with Crippen LogP contribution in [0.15, 0.2) is 53.6 Å². The van der Waals surface area contributed by atoms with Gasteiger partial charge in [0.2, 0.25) is 0 Å². The van der Waals surface area contributed by atoms with Crippen molar-refractivity contribution in [3.63, 3.8) is 0 Å². The highest BCUT2D eigenvalue weighted by atomic mass is 32.2. The Morgan fingerprint density at radius 1 is 1.07 bits per heavy atom. The summed E-state index contributed by atoms with van der Waals surface area (Å²) in [5.74, 6) is -0.130. The summed E-state index contributed by atoms with van der Waals surface area (Å²) in [6.45, 7) is 3.26. The molecule has 0 saturated heterocycles. The normalized spacial score (nSPS) is 14.1. The van der Waals surface area contributed by atoms with Gasteiger partial charge in [0.15, 0.2) is 9.84 Å². The number of amides is 1. The van der Waals surface area contributed by atoms with Crippen molar-refractivity contribution in [3.05, 3.63) is 65.2 Å². The van der Waals surface area contributed by atoms with E-state index in [0.29, 0.717) is 12.1 Å². The molecule has 142 valence electrons. The van der Waals surface area contributed by atoms with Crippen LogP contribution in [0.2, 0.25) is 0 Å². The van der Waals surface area contributed by atoms with Crippen molar-refractivity contribution < 1.29 is 13.2 Å². The summed E-state index contributed by atoms with van der Waals surface area (Å²) in [5.41, 5.74) is 4.33. The highest BCUT2D eigenvalue weighted by Gasteiger charge is 2.13. The molecule has 2 aromatic rings. The number of benzene rings is 2. The minimum atomic E-state index is -3.05. The van der Waals surface area contributed by atoms with Gasteiger partial charge >= 0.3 is 0 Å². The second-order valence-electron chi connectivity index (χ2n) is 6.82. The first kappa shape index (κ1) is 19.1. The molecular formula is C20H23N3O3S. The quantitative estimate of drug-likeness (QED) is 0.829. The summed E-state index contributed by atoms with van der Waals surface area (Å²) in [5, 5.41) is 9.27. The Bertz CT molecular complexity index is 949. The van der Waals surface area contributed by atoms with E-state index in [1.54, 1.807) is 24.3 Å². The van der Waals surface area contributed by atoms with E-state index >= 15 is 0 Å². The molecule has 0 atom stereocenters. The van der Waals surface area contributed by atoms with Gasteiger partial charge in [0.1, 0.15) is 0 Å².